The number of hydrogen-bond donors (Lipinski definition) is 1. The SMILES string of the molecule is Cc1ccc(-c2ccc([C@@H]3OCCN[C@H]3C)cc2)cn1. The molecule has 1 fully saturated rings. The third-order valence-corrected chi connectivity index (χ3v) is 3.80. The number of morpholine rings is 1. The molecule has 0 spiro atoms. The molecule has 1 N–H and O–H groups in total. The fourth-order valence-corrected chi connectivity index (χ4v) is 2.61. The van der Waals surface area contributed by atoms with E-state index in [-0.39, 0.29) is 6.10 Å². The van der Waals surface area contributed by atoms with Crippen molar-refractivity contribution < 1.29 is 4.74 Å². The van der Waals surface area contributed by atoms with E-state index in [4.69, 9.17) is 4.74 Å². The van der Waals surface area contributed by atoms with Gasteiger partial charge < -0.3 is 10.1 Å². The maximum absolute atomic E-state index is 5.86. The van der Waals surface area contributed by atoms with Gasteiger partial charge in [0, 0.05) is 30.0 Å². The maximum atomic E-state index is 5.86. The molecule has 0 radical (unpaired) electrons. The summed E-state index contributed by atoms with van der Waals surface area (Å²) in [4.78, 5) is 4.35. The minimum absolute atomic E-state index is 0.147. The summed E-state index contributed by atoms with van der Waals surface area (Å²) < 4.78 is 5.86. The third-order valence-electron chi connectivity index (χ3n) is 3.80. The zero-order valence-electron chi connectivity index (χ0n) is 12.0. The van der Waals surface area contributed by atoms with Crippen molar-refractivity contribution in [3.8, 4) is 11.1 Å². The Morgan fingerprint density at radius 3 is 2.50 bits per heavy atom. The van der Waals surface area contributed by atoms with Crippen molar-refractivity contribution in [2.75, 3.05) is 13.2 Å². The van der Waals surface area contributed by atoms with Crippen LogP contribution in [0.3, 0.4) is 0 Å². The fraction of sp³-hybridized carbons (Fsp3) is 0.353. The van der Waals surface area contributed by atoms with Crippen molar-refractivity contribution in [3.63, 3.8) is 0 Å². The summed E-state index contributed by atoms with van der Waals surface area (Å²) in [5.74, 6) is 0. The molecule has 20 heavy (non-hydrogen) atoms. The van der Waals surface area contributed by atoms with Gasteiger partial charge in [0.1, 0.15) is 0 Å². The number of pyridine rings is 1. The van der Waals surface area contributed by atoms with E-state index in [1.54, 1.807) is 0 Å². The summed E-state index contributed by atoms with van der Waals surface area (Å²) in [5.41, 5.74) is 4.62. The zero-order chi connectivity index (χ0) is 13.9. The van der Waals surface area contributed by atoms with Gasteiger partial charge in [-0.05, 0) is 31.0 Å². The molecule has 0 saturated carbocycles. The Balaban J connectivity index is 1.82. The van der Waals surface area contributed by atoms with Crippen LogP contribution in [-0.4, -0.2) is 24.2 Å². The second kappa shape index (κ2) is 5.73. The highest BCUT2D eigenvalue weighted by atomic mass is 16.5. The number of hydrogen-bond acceptors (Lipinski definition) is 3. The molecule has 3 heteroatoms. The lowest BCUT2D eigenvalue weighted by Gasteiger charge is -2.30. The Bertz CT molecular complexity index is 563. The van der Waals surface area contributed by atoms with Gasteiger partial charge in [-0.3, -0.25) is 4.98 Å². The number of ether oxygens (including phenoxy) is 1. The van der Waals surface area contributed by atoms with Gasteiger partial charge in [-0.2, -0.15) is 0 Å². The summed E-state index contributed by atoms with van der Waals surface area (Å²) in [6.07, 6.45) is 2.07. The Kier molecular flexibility index (Phi) is 3.81. The number of benzene rings is 1. The molecule has 0 unspecified atom stereocenters. The molecule has 1 aliphatic heterocycles. The number of aromatic nitrogens is 1. The lowest BCUT2D eigenvalue weighted by molar-refractivity contribution is -0.000215. The van der Waals surface area contributed by atoms with E-state index in [0.717, 1.165) is 24.4 Å². The first-order valence-corrected chi connectivity index (χ1v) is 7.12. The molecule has 3 rings (SSSR count). The lowest BCUT2D eigenvalue weighted by atomic mass is 9.99. The highest BCUT2D eigenvalue weighted by Crippen LogP contribution is 2.26. The summed E-state index contributed by atoms with van der Waals surface area (Å²) >= 11 is 0. The van der Waals surface area contributed by atoms with Gasteiger partial charge >= 0.3 is 0 Å². The minimum atomic E-state index is 0.147. The summed E-state index contributed by atoms with van der Waals surface area (Å²) in [7, 11) is 0. The molecular formula is C17H20N2O. The molecular weight excluding hydrogens is 248 g/mol. The number of rotatable bonds is 2. The van der Waals surface area contributed by atoms with Crippen LogP contribution in [0.25, 0.3) is 11.1 Å². The van der Waals surface area contributed by atoms with Crippen molar-refractivity contribution in [1.82, 2.24) is 10.3 Å². The molecule has 1 aromatic heterocycles. The van der Waals surface area contributed by atoms with Crippen molar-refractivity contribution in [3.05, 3.63) is 53.9 Å². The van der Waals surface area contributed by atoms with Crippen molar-refractivity contribution in [2.45, 2.75) is 26.0 Å². The normalized spacial score (nSPS) is 22.7. The van der Waals surface area contributed by atoms with Crippen LogP contribution in [0.5, 0.6) is 0 Å². The smallest absolute Gasteiger partial charge is 0.0975 e. The summed E-state index contributed by atoms with van der Waals surface area (Å²) in [5, 5.41) is 3.45. The van der Waals surface area contributed by atoms with E-state index in [1.807, 2.05) is 19.2 Å². The van der Waals surface area contributed by atoms with Gasteiger partial charge in [-0.1, -0.05) is 30.3 Å². The number of nitrogens with one attached hydrogen (secondary N) is 1. The second-order valence-corrected chi connectivity index (χ2v) is 5.34. The maximum Gasteiger partial charge on any atom is 0.0975 e. The van der Waals surface area contributed by atoms with Crippen LogP contribution >= 0.6 is 0 Å². The van der Waals surface area contributed by atoms with Crippen LogP contribution in [0.15, 0.2) is 42.6 Å². The van der Waals surface area contributed by atoms with Gasteiger partial charge in [0.15, 0.2) is 0 Å². The molecule has 1 aromatic carbocycles. The second-order valence-electron chi connectivity index (χ2n) is 5.34. The highest BCUT2D eigenvalue weighted by molar-refractivity contribution is 5.62. The molecule has 0 aliphatic carbocycles. The van der Waals surface area contributed by atoms with Crippen LogP contribution in [0.2, 0.25) is 0 Å². The van der Waals surface area contributed by atoms with Crippen molar-refractivity contribution in [2.24, 2.45) is 0 Å². The first-order valence-electron chi connectivity index (χ1n) is 7.12. The van der Waals surface area contributed by atoms with Crippen molar-refractivity contribution >= 4 is 0 Å². The lowest BCUT2D eigenvalue weighted by Crippen LogP contribution is -2.41. The fourth-order valence-electron chi connectivity index (χ4n) is 2.61. The van der Waals surface area contributed by atoms with Crippen LogP contribution in [0.4, 0.5) is 0 Å². The van der Waals surface area contributed by atoms with Gasteiger partial charge in [-0.25, -0.2) is 0 Å². The van der Waals surface area contributed by atoms with Crippen molar-refractivity contribution in [1.29, 1.82) is 0 Å². The first-order chi connectivity index (χ1) is 9.74. The van der Waals surface area contributed by atoms with Gasteiger partial charge in [0.2, 0.25) is 0 Å². The molecule has 0 bridgehead atoms. The van der Waals surface area contributed by atoms with Crippen LogP contribution in [0.1, 0.15) is 24.3 Å². The third kappa shape index (κ3) is 2.74. The molecule has 1 saturated heterocycles. The van der Waals surface area contributed by atoms with Gasteiger partial charge in [-0.15, -0.1) is 0 Å². The predicted molar refractivity (Wildman–Crippen MR) is 80.6 cm³/mol. The zero-order valence-corrected chi connectivity index (χ0v) is 12.0. The van der Waals surface area contributed by atoms with Crippen LogP contribution in [-0.2, 0) is 4.74 Å². The highest BCUT2D eigenvalue weighted by Gasteiger charge is 2.22. The Morgan fingerprint density at radius 2 is 1.85 bits per heavy atom. The Morgan fingerprint density at radius 1 is 1.10 bits per heavy atom. The Labute approximate surface area is 120 Å². The molecule has 2 atom stereocenters. The van der Waals surface area contributed by atoms with E-state index in [9.17, 15) is 0 Å². The van der Waals surface area contributed by atoms with E-state index in [2.05, 4.69) is 47.6 Å². The van der Waals surface area contributed by atoms with Gasteiger partial charge in [0.25, 0.3) is 0 Å². The molecule has 3 nitrogen and oxygen atoms in total. The standard InChI is InChI=1S/C17H20N2O/c1-12-3-4-16(11-19-12)14-5-7-15(8-6-14)17-13(2)18-9-10-20-17/h3-8,11,13,17-18H,9-10H2,1-2H3/t13-,17+/m0/s1. The van der Waals surface area contributed by atoms with E-state index >= 15 is 0 Å². The molecule has 1 aliphatic rings. The van der Waals surface area contributed by atoms with E-state index in [1.165, 1.54) is 11.1 Å². The molecule has 104 valence electrons. The Hall–Kier alpha value is -1.71. The molecule has 0 amide bonds. The van der Waals surface area contributed by atoms with E-state index in [0.29, 0.717) is 6.04 Å². The molecule has 2 aromatic rings. The minimum Gasteiger partial charge on any atom is -0.371 e. The molecule has 2 heterocycles. The van der Waals surface area contributed by atoms with Crippen LogP contribution in [0, 0.1) is 6.92 Å². The average Bonchev–Trinajstić information content (AvgIpc) is 2.49. The monoisotopic (exact) mass is 268 g/mol. The summed E-state index contributed by atoms with van der Waals surface area (Å²) in [6, 6.07) is 13.1. The average molecular weight is 268 g/mol. The number of aryl methyl sites for hydroxylation is 1. The van der Waals surface area contributed by atoms with Gasteiger partial charge in [0.05, 0.1) is 12.7 Å². The quantitative estimate of drug-likeness (QED) is 0.908. The van der Waals surface area contributed by atoms with E-state index < -0.39 is 0 Å². The predicted octanol–water partition coefficient (Wildman–Crippen LogP) is 3.11. The number of nitrogens with zero attached hydrogens (tertiary/aromatic N) is 1. The first kappa shape index (κ1) is 13.3. The van der Waals surface area contributed by atoms with Crippen LogP contribution < -0.4 is 5.32 Å². The topological polar surface area (TPSA) is 34.1 Å². The largest absolute Gasteiger partial charge is 0.371 e. The summed E-state index contributed by atoms with van der Waals surface area (Å²) in [6.45, 7) is 5.88.